The van der Waals surface area contributed by atoms with Gasteiger partial charge >= 0.3 is 5.97 Å². The zero-order chi connectivity index (χ0) is 59.7. The van der Waals surface area contributed by atoms with Crippen molar-refractivity contribution in [3.63, 3.8) is 0 Å². The summed E-state index contributed by atoms with van der Waals surface area (Å²) in [7, 11) is 0. The summed E-state index contributed by atoms with van der Waals surface area (Å²) in [6.07, 6.45) is 38.0. The van der Waals surface area contributed by atoms with Gasteiger partial charge in [-0.25, -0.2) is 4.79 Å². The lowest BCUT2D eigenvalue weighted by Gasteiger charge is -2.40. The Morgan fingerprint density at radius 3 is 1.44 bits per heavy atom. The van der Waals surface area contributed by atoms with Crippen molar-refractivity contribution in [2.45, 2.75) is 358 Å². The molecule has 0 aliphatic carbocycles. The fraction of sp³-hybridized carbons (Fsp3) is 0.923. The summed E-state index contributed by atoms with van der Waals surface area (Å²) in [6.45, 7) is 4.87. The molecule has 82 heavy (non-hydrogen) atoms. The van der Waals surface area contributed by atoms with Crippen LogP contribution in [-0.4, -0.2) is 136 Å². The smallest absolute Gasteiger partial charge is 0.333 e. The lowest BCUT2D eigenvalue weighted by molar-refractivity contribution is -0.304. The van der Waals surface area contributed by atoms with Gasteiger partial charge in [-0.05, 0) is 32.1 Å². The molecule has 0 saturated carbocycles. The predicted octanol–water partition coefficient (Wildman–Crippen LogP) is 12.0. The molecule has 0 unspecified atom stereocenters. The number of imide groups is 1. The molecule has 2 rings (SSSR count). The molecule has 8 atom stereocenters. The molecule has 0 radical (unpaired) electrons. The Bertz CT molecular complexity index is 1580. The first-order chi connectivity index (χ1) is 39.9. The van der Waals surface area contributed by atoms with E-state index in [0.717, 1.165) is 57.8 Å². The summed E-state index contributed by atoms with van der Waals surface area (Å²) in [6, 6.07) is -1.02. The van der Waals surface area contributed by atoms with Crippen LogP contribution in [0.5, 0.6) is 0 Å². The number of carbonyl (C=O) groups is 5. The predicted molar refractivity (Wildman–Crippen MR) is 322 cm³/mol. The number of rotatable bonds is 57. The number of ether oxygens (including phenoxy) is 3. The molecule has 0 spiro atoms. The van der Waals surface area contributed by atoms with E-state index in [1.54, 1.807) is 0 Å². The highest BCUT2D eigenvalue weighted by atomic mass is 16.7. The summed E-state index contributed by atoms with van der Waals surface area (Å²) in [5.74, 6) is -2.33. The molecule has 7 N–H and O–H groups in total. The van der Waals surface area contributed by atoms with Gasteiger partial charge in [0.05, 0.1) is 25.4 Å². The number of nitrogens with one attached hydrogen (secondary N) is 2. The second kappa shape index (κ2) is 51.5. The van der Waals surface area contributed by atoms with Crippen LogP contribution in [0.3, 0.4) is 0 Å². The van der Waals surface area contributed by atoms with Crippen molar-refractivity contribution in [2.75, 3.05) is 26.4 Å². The van der Waals surface area contributed by atoms with Gasteiger partial charge in [0.1, 0.15) is 30.5 Å². The Labute approximate surface area is 496 Å². The highest BCUT2D eigenvalue weighted by Gasteiger charge is 2.45. The molecular formula is C65H121N3O14. The lowest BCUT2D eigenvalue weighted by atomic mass is 9.98. The number of hydrogen-bond donors (Lipinski definition) is 7. The van der Waals surface area contributed by atoms with Crippen molar-refractivity contribution in [3.05, 3.63) is 0 Å². The highest BCUT2D eigenvalue weighted by molar-refractivity contribution is 6.01. The molecule has 0 aromatic carbocycles. The van der Waals surface area contributed by atoms with Gasteiger partial charge in [-0.15, -0.1) is 5.06 Å². The molecule has 2 aliphatic heterocycles. The fourth-order valence-electron chi connectivity index (χ4n) is 11.0. The van der Waals surface area contributed by atoms with Crippen molar-refractivity contribution in [1.29, 1.82) is 0 Å². The van der Waals surface area contributed by atoms with Gasteiger partial charge in [-0.2, -0.15) is 0 Å². The first-order valence-corrected chi connectivity index (χ1v) is 33.8. The number of aliphatic hydroxyl groups is 5. The van der Waals surface area contributed by atoms with E-state index in [-0.39, 0.29) is 63.6 Å². The van der Waals surface area contributed by atoms with Gasteiger partial charge in [-0.3, -0.25) is 19.2 Å². The van der Waals surface area contributed by atoms with E-state index in [2.05, 4.69) is 24.5 Å². The van der Waals surface area contributed by atoms with Crippen LogP contribution in [0.15, 0.2) is 0 Å². The van der Waals surface area contributed by atoms with E-state index >= 15 is 0 Å². The first-order valence-electron chi connectivity index (χ1n) is 33.8. The number of amides is 4. The van der Waals surface area contributed by atoms with Crippen molar-refractivity contribution in [3.8, 4) is 0 Å². The number of nitrogens with zero attached hydrogens (tertiary/aromatic N) is 1. The first kappa shape index (κ1) is 75.3. The monoisotopic (exact) mass is 1170 g/mol. The van der Waals surface area contributed by atoms with Crippen LogP contribution in [0.2, 0.25) is 0 Å². The fourth-order valence-corrected chi connectivity index (χ4v) is 11.0. The van der Waals surface area contributed by atoms with Crippen molar-refractivity contribution < 1.29 is 68.6 Å². The lowest BCUT2D eigenvalue weighted by Crippen LogP contribution is -2.60. The summed E-state index contributed by atoms with van der Waals surface area (Å²) in [5.41, 5.74) is 0. The molecule has 17 heteroatoms. The molecule has 2 aliphatic rings. The average Bonchev–Trinajstić information content (AvgIpc) is 3.86. The molecule has 0 bridgehead atoms. The van der Waals surface area contributed by atoms with Crippen LogP contribution in [0.25, 0.3) is 0 Å². The zero-order valence-electron chi connectivity index (χ0n) is 51.8. The van der Waals surface area contributed by atoms with E-state index in [9.17, 15) is 49.5 Å². The van der Waals surface area contributed by atoms with Gasteiger partial charge < -0.3 is 55.2 Å². The number of unbranched alkanes of at least 4 members (excludes halogenated alkanes) is 36. The van der Waals surface area contributed by atoms with Crippen molar-refractivity contribution in [1.82, 2.24) is 15.7 Å². The minimum Gasteiger partial charge on any atom is -0.390 e. The van der Waals surface area contributed by atoms with Crippen LogP contribution < -0.4 is 10.6 Å². The maximum Gasteiger partial charge on any atom is 0.333 e. The molecule has 2 heterocycles. The van der Waals surface area contributed by atoms with Gasteiger partial charge in [0.25, 0.3) is 11.8 Å². The van der Waals surface area contributed by atoms with E-state index in [1.807, 2.05) is 0 Å². The van der Waals surface area contributed by atoms with Gasteiger partial charge in [0, 0.05) is 45.3 Å². The second-order valence-electron chi connectivity index (χ2n) is 24.0. The minimum atomic E-state index is -1.63. The largest absolute Gasteiger partial charge is 0.390 e. The van der Waals surface area contributed by atoms with Crippen LogP contribution in [0, 0.1) is 0 Å². The minimum absolute atomic E-state index is 0.0139. The molecule has 17 nitrogen and oxygen atoms in total. The van der Waals surface area contributed by atoms with Crippen LogP contribution in [0.4, 0.5) is 0 Å². The molecule has 480 valence electrons. The maximum atomic E-state index is 13.3. The standard InChI is InChI=1S/C65H121N3O14/c1-3-5-7-9-11-13-15-17-18-19-20-21-22-23-24-25-26-27-29-31-33-35-39-44-57(71)67-53(61(75)54(69)43-38-34-32-30-28-16-14-12-10-8-6-4-2)51-80-65-64(78)63(77)62(76)55(81-65)52-79-50-41-37-36-40-49-66-56(70)45-42-46-60(74)82-68-58(72)47-48-59(68)73/h53-55,61-65,69,75-78H,3-52H2,1-2H3,(H,66,70)(H,67,71)/t53-,54+,55+,61-,62+,63-,64+,65-/m0/s1. The van der Waals surface area contributed by atoms with Crippen molar-refractivity contribution >= 4 is 29.6 Å². The normalized spacial score (nSPS) is 19.4. The van der Waals surface area contributed by atoms with Crippen molar-refractivity contribution in [2.24, 2.45) is 0 Å². The molecule has 4 amide bonds. The summed E-state index contributed by atoms with van der Waals surface area (Å²) in [5, 5.41) is 61.3. The van der Waals surface area contributed by atoms with E-state index in [1.165, 1.54) is 173 Å². The summed E-state index contributed by atoms with van der Waals surface area (Å²) in [4.78, 5) is 65.5. The number of hydrogen-bond acceptors (Lipinski definition) is 14. The Kier molecular flexibility index (Phi) is 47.3. The number of aliphatic hydroxyl groups excluding tert-OH is 5. The van der Waals surface area contributed by atoms with E-state index < -0.39 is 66.7 Å². The average molecular weight is 1170 g/mol. The third kappa shape index (κ3) is 38.3. The molecule has 2 fully saturated rings. The van der Waals surface area contributed by atoms with Crippen LogP contribution in [0.1, 0.15) is 309 Å². The third-order valence-electron chi connectivity index (χ3n) is 16.4. The summed E-state index contributed by atoms with van der Waals surface area (Å²) < 4.78 is 17.7. The molecule has 0 aromatic rings. The topological polar surface area (TPSA) is 251 Å². The highest BCUT2D eigenvalue weighted by Crippen LogP contribution is 2.25. The molecule has 0 aromatic heterocycles. The Morgan fingerprint density at radius 1 is 0.524 bits per heavy atom. The van der Waals surface area contributed by atoms with Gasteiger partial charge in [-0.1, -0.05) is 245 Å². The van der Waals surface area contributed by atoms with Gasteiger partial charge in [0.15, 0.2) is 6.29 Å². The SMILES string of the molecule is CCCCCCCCCCCCCCCCCCCCCCCCCC(=O)N[C@@H](CO[C@H]1O[C@H](COCCCCCCNC(=O)CCCC(=O)ON2C(=O)CCC2=O)[C@@H](O)[C@H](O)[C@H]1O)[C@H](O)[C@H](O)CCCCCCCCCCCCCC. The quantitative estimate of drug-likeness (QED) is 0.0221. The third-order valence-corrected chi connectivity index (χ3v) is 16.4. The van der Waals surface area contributed by atoms with Crippen LogP contribution >= 0.6 is 0 Å². The maximum absolute atomic E-state index is 13.3. The summed E-state index contributed by atoms with van der Waals surface area (Å²) >= 11 is 0. The van der Waals surface area contributed by atoms with E-state index in [0.29, 0.717) is 43.9 Å². The van der Waals surface area contributed by atoms with Crippen LogP contribution in [-0.2, 0) is 43.0 Å². The Morgan fingerprint density at radius 2 is 0.951 bits per heavy atom. The molecular weight excluding hydrogens is 1050 g/mol. The Hall–Kier alpha value is -2.77. The Balaban J connectivity index is 1.69. The second-order valence-corrected chi connectivity index (χ2v) is 24.0. The number of hydroxylamine groups is 2. The zero-order valence-corrected chi connectivity index (χ0v) is 51.8. The number of carbonyl (C=O) groups excluding carboxylic acids is 5. The van der Waals surface area contributed by atoms with Gasteiger partial charge in [0.2, 0.25) is 11.8 Å². The van der Waals surface area contributed by atoms with E-state index in [4.69, 9.17) is 19.0 Å². The molecule has 2 saturated heterocycles.